The normalized spacial score (nSPS) is 18.0. The van der Waals surface area contributed by atoms with Crippen molar-refractivity contribution >= 4 is 45.8 Å². The molecule has 4 aromatic rings. The molecule has 0 saturated heterocycles. The van der Waals surface area contributed by atoms with Gasteiger partial charge in [-0.2, -0.15) is 0 Å². The summed E-state index contributed by atoms with van der Waals surface area (Å²) in [4.78, 5) is 0. The fourth-order valence-electron chi connectivity index (χ4n) is 8.45. The average Bonchev–Trinajstić information content (AvgIpc) is 3.70. The summed E-state index contributed by atoms with van der Waals surface area (Å²) in [6.07, 6.45) is 3.82. The molecule has 47 heavy (non-hydrogen) atoms. The van der Waals surface area contributed by atoms with Crippen LogP contribution < -0.4 is 14.5 Å². The Labute approximate surface area is 293 Å². The van der Waals surface area contributed by atoms with Crippen LogP contribution in [-0.2, 0) is 0 Å². The first kappa shape index (κ1) is 34.1. The number of rotatable bonds is 10. The van der Waals surface area contributed by atoms with Crippen molar-refractivity contribution in [2.45, 2.75) is 98.3 Å². The molecule has 2 nitrogen and oxygen atoms in total. The molecule has 0 N–H and O–H groups in total. The number of allylic oxidation sites excluding steroid dienone is 2. The number of nitrogens with zero attached hydrogens (tertiary/aromatic N) is 2. The van der Waals surface area contributed by atoms with E-state index in [0.29, 0.717) is 52.2 Å². The maximum absolute atomic E-state index is 6.36. The van der Waals surface area contributed by atoms with Gasteiger partial charge in [0.25, 0.3) is 0 Å². The van der Waals surface area contributed by atoms with Crippen molar-refractivity contribution in [3.8, 4) is 0 Å². The molecule has 4 heteroatoms. The van der Waals surface area contributed by atoms with E-state index >= 15 is 0 Å². The standard InChI is InChI=1S/C43H55GeN2P/c1-28(2)36-21-15-22-37(29(3)4)40(36)45-47(34-17-11-9-12-18-34,35-19-13-10-14-20-35)43-33-26-25-32(27-33)41(43)46(44)42-38(30(5)6)23-16-24-39(42)31(7)8/h9-24,28-33H,25-27H2,1-8,44H3/t32-,33+/m1/s1. The molecule has 0 aromatic heterocycles. The van der Waals surface area contributed by atoms with Gasteiger partial charge in [-0.3, -0.25) is 0 Å². The molecular weight excluding hydrogens is 648 g/mol. The third kappa shape index (κ3) is 6.15. The summed E-state index contributed by atoms with van der Waals surface area (Å²) in [7, 11) is -2.46. The van der Waals surface area contributed by atoms with Crippen LogP contribution in [0.25, 0.3) is 0 Å². The molecule has 6 rings (SSSR count). The number of fused-ring (bicyclic) bond motifs is 2. The molecule has 4 aromatic carbocycles. The zero-order valence-corrected chi connectivity index (χ0v) is 35.3. The summed E-state index contributed by atoms with van der Waals surface area (Å²) in [6, 6.07) is 37.0. The van der Waals surface area contributed by atoms with Gasteiger partial charge in [-0.25, -0.2) is 0 Å². The van der Waals surface area contributed by atoms with Crippen molar-refractivity contribution < 1.29 is 0 Å². The topological polar surface area (TPSA) is 15.6 Å². The molecule has 0 unspecified atom stereocenters. The van der Waals surface area contributed by atoms with Crippen LogP contribution in [0.2, 0.25) is 0 Å². The van der Waals surface area contributed by atoms with E-state index in [1.807, 2.05) is 0 Å². The molecule has 0 amide bonds. The third-order valence-corrected chi connectivity index (χ3v) is 16.5. The average molecular weight is 704 g/mol. The Kier molecular flexibility index (Phi) is 10.1. The molecule has 2 bridgehead atoms. The molecular formula is C43H55GeN2P. The Bertz CT molecular complexity index is 1710. The fraction of sp³-hybridized carbons (Fsp3) is 0.395. The van der Waals surface area contributed by atoms with E-state index in [4.69, 9.17) is 4.74 Å². The molecule has 2 atom stereocenters. The quantitative estimate of drug-likeness (QED) is 0.119. The molecule has 0 aliphatic heterocycles. The van der Waals surface area contributed by atoms with Gasteiger partial charge in [0, 0.05) is 0 Å². The van der Waals surface area contributed by atoms with E-state index in [0.717, 1.165) is 0 Å². The molecule has 2 aliphatic rings. The molecule has 0 radical (unpaired) electrons. The summed E-state index contributed by atoms with van der Waals surface area (Å²) in [5.74, 6) is 2.86. The minimum atomic E-state index is -2.46. The summed E-state index contributed by atoms with van der Waals surface area (Å²) in [6.45, 7) is 18.8. The number of para-hydroxylation sites is 1. The van der Waals surface area contributed by atoms with Gasteiger partial charge in [-0.05, 0) is 0 Å². The van der Waals surface area contributed by atoms with Crippen LogP contribution in [0.4, 0.5) is 11.4 Å². The van der Waals surface area contributed by atoms with E-state index in [9.17, 15) is 0 Å². The van der Waals surface area contributed by atoms with Crippen molar-refractivity contribution in [3.05, 3.63) is 130 Å². The van der Waals surface area contributed by atoms with Gasteiger partial charge in [0.1, 0.15) is 0 Å². The zero-order valence-electron chi connectivity index (χ0n) is 30.2. The second-order valence-electron chi connectivity index (χ2n) is 15.1. The van der Waals surface area contributed by atoms with E-state index < -0.39 is 7.05 Å². The molecule has 246 valence electrons. The van der Waals surface area contributed by atoms with Crippen LogP contribution in [0, 0.1) is 11.8 Å². The molecule has 1 saturated carbocycles. The summed E-state index contributed by atoms with van der Waals surface area (Å²) >= 11 is 0.425. The van der Waals surface area contributed by atoms with E-state index in [2.05, 4.69) is 156 Å². The zero-order chi connectivity index (χ0) is 33.5. The number of anilines is 1. The first-order valence-corrected chi connectivity index (χ1v) is 21.7. The van der Waals surface area contributed by atoms with Crippen molar-refractivity contribution in [2.75, 3.05) is 3.86 Å². The predicted octanol–water partition coefficient (Wildman–Crippen LogP) is 11.1. The van der Waals surface area contributed by atoms with Crippen molar-refractivity contribution in [2.24, 2.45) is 16.6 Å². The first-order valence-electron chi connectivity index (χ1n) is 18.0. The van der Waals surface area contributed by atoms with Gasteiger partial charge >= 0.3 is 295 Å². The Morgan fingerprint density at radius 3 is 1.45 bits per heavy atom. The van der Waals surface area contributed by atoms with Crippen molar-refractivity contribution in [3.63, 3.8) is 0 Å². The Morgan fingerprint density at radius 2 is 1.00 bits per heavy atom. The van der Waals surface area contributed by atoms with E-state index in [-0.39, 0.29) is 0 Å². The van der Waals surface area contributed by atoms with Crippen LogP contribution in [-0.4, -0.2) is 16.7 Å². The van der Waals surface area contributed by atoms with Crippen molar-refractivity contribution in [1.82, 2.24) is 0 Å². The number of benzene rings is 4. The van der Waals surface area contributed by atoms with Crippen LogP contribution in [0.1, 0.15) is 121 Å². The van der Waals surface area contributed by atoms with E-state index in [1.54, 1.807) is 11.0 Å². The van der Waals surface area contributed by atoms with E-state index in [1.165, 1.54) is 63.5 Å². The monoisotopic (exact) mass is 704 g/mol. The summed E-state index contributed by atoms with van der Waals surface area (Å²) < 4.78 is 9.21. The second-order valence-corrected chi connectivity index (χ2v) is 20.0. The second kappa shape index (κ2) is 14.0. The predicted molar refractivity (Wildman–Crippen MR) is 211 cm³/mol. The third-order valence-electron chi connectivity index (χ3n) is 10.7. The van der Waals surface area contributed by atoms with Gasteiger partial charge in [0.05, 0.1) is 0 Å². The number of hydrogen-bond donors (Lipinski definition) is 0. The Balaban J connectivity index is 1.81. The van der Waals surface area contributed by atoms with Crippen LogP contribution in [0.3, 0.4) is 0 Å². The molecule has 0 spiro atoms. The fourth-order valence-corrected chi connectivity index (χ4v) is 15.6. The molecule has 1 fully saturated rings. The van der Waals surface area contributed by atoms with Crippen LogP contribution >= 0.6 is 7.05 Å². The SMILES string of the molecule is CC(C)c1cccc(C(C)C)c1N=P(C1=C([N]([GeH3])c2c(C(C)C)cccc2C(C)C)[C@@H]2CC[C@H]1C2)(c1ccccc1)c1ccccc1. The van der Waals surface area contributed by atoms with Gasteiger partial charge in [-0.15, -0.1) is 0 Å². The van der Waals surface area contributed by atoms with Gasteiger partial charge < -0.3 is 0 Å². The number of hydrogen-bond acceptors (Lipinski definition) is 2. The minimum absolute atomic E-state index is 0.388. The van der Waals surface area contributed by atoms with Crippen LogP contribution in [0.5, 0.6) is 0 Å². The summed E-state index contributed by atoms with van der Waals surface area (Å²) in [5.41, 5.74) is 10.1. The van der Waals surface area contributed by atoms with Crippen LogP contribution in [0.15, 0.2) is 113 Å². The maximum atomic E-state index is 6.36. The first-order chi connectivity index (χ1) is 22.6. The van der Waals surface area contributed by atoms with Gasteiger partial charge in [0.2, 0.25) is 0 Å². The molecule has 0 heterocycles. The van der Waals surface area contributed by atoms with Crippen molar-refractivity contribution in [1.29, 1.82) is 0 Å². The van der Waals surface area contributed by atoms with Gasteiger partial charge in [-0.1, -0.05) is 0 Å². The molecule has 2 aliphatic carbocycles. The Hall–Kier alpha value is -2.81. The van der Waals surface area contributed by atoms with Gasteiger partial charge in [0.15, 0.2) is 0 Å². The summed E-state index contributed by atoms with van der Waals surface area (Å²) in [5, 5.41) is 4.45. The Morgan fingerprint density at radius 1 is 0.574 bits per heavy atom.